The molecule has 4 heteroatoms. The summed E-state index contributed by atoms with van der Waals surface area (Å²) in [6.07, 6.45) is 0. The fourth-order valence-corrected chi connectivity index (χ4v) is 0. The monoisotopic (exact) mass is 294 g/mol. The Morgan fingerprint density at radius 1 is 1.60 bits per heavy atom. The number of carbonyl (C=O) groups is 1. The zero-order chi connectivity index (χ0) is 4.28. The summed E-state index contributed by atoms with van der Waals surface area (Å²) in [4.78, 5) is 9.31. The minimum atomic E-state index is -2.02. The van der Waals surface area contributed by atoms with Crippen LogP contribution in [0.5, 0.6) is 0 Å². The SMILES string of the molecule is O=[CH][Pt]([Cl])[Cl]. The summed E-state index contributed by atoms with van der Waals surface area (Å²) >= 11 is -2.02. The Kier molecular flexibility index (Phi) is 3.73. The first kappa shape index (κ1) is 5.94. The van der Waals surface area contributed by atoms with Gasteiger partial charge in [0.15, 0.2) is 0 Å². The van der Waals surface area contributed by atoms with Gasteiger partial charge in [-0.1, -0.05) is 0 Å². The van der Waals surface area contributed by atoms with Crippen molar-refractivity contribution in [1.82, 2.24) is 0 Å². The average Bonchev–Trinajstić information content (AvgIpc) is 1.38. The van der Waals surface area contributed by atoms with Crippen molar-refractivity contribution in [1.29, 1.82) is 0 Å². The van der Waals surface area contributed by atoms with Gasteiger partial charge >= 0.3 is 43.5 Å². The fraction of sp³-hybridized carbons (Fsp3) is 0. The normalized spacial score (nSPS) is 10.4. The van der Waals surface area contributed by atoms with Crippen molar-refractivity contribution in [2.45, 2.75) is 0 Å². The summed E-state index contributed by atoms with van der Waals surface area (Å²) < 4.78 is 0.605. The molecule has 0 heterocycles. The first-order chi connectivity index (χ1) is 2.27. The van der Waals surface area contributed by atoms with Crippen molar-refractivity contribution in [2.75, 3.05) is 0 Å². The van der Waals surface area contributed by atoms with Gasteiger partial charge in [0.25, 0.3) is 0 Å². The van der Waals surface area contributed by atoms with Crippen molar-refractivity contribution in [3.05, 3.63) is 0 Å². The summed E-state index contributed by atoms with van der Waals surface area (Å²) in [5.41, 5.74) is 0. The second kappa shape index (κ2) is 3.14. The maximum atomic E-state index is 9.31. The van der Waals surface area contributed by atoms with Crippen LogP contribution < -0.4 is 0 Å². The molecule has 5 heavy (non-hydrogen) atoms. The Bertz CT molecular complexity index is 36.6. The molecule has 0 atom stereocenters. The summed E-state index contributed by atoms with van der Waals surface area (Å²) in [6, 6.07) is 0. The molecule has 0 N–H and O–H groups in total. The van der Waals surface area contributed by atoms with Gasteiger partial charge in [0, 0.05) is 0 Å². The van der Waals surface area contributed by atoms with Crippen LogP contribution in [0.2, 0.25) is 0 Å². The maximum absolute atomic E-state index is 9.31. The van der Waals surface area contributed by atoms with Crippen molar-refractivity contribution < 1.29 is 20.0 Å². The first-order valence-electron chi connectivity index (χ1n) is 0.657. The van der Waals surface area contributed by atoms with Crippen LogP contribution >= 0.6 is 18.8 Å². The van der Waals surface area contributed by atoms with E-state index >= 15 is 0 Å². The topological polar surface area (TPSA) is 17.1 Å². The standard InChI is InChI=1S/CHO.2ClH.Pt/c1-2;;;/h1H;2*1H;/q;;;+2/p-2. The molecule has 0 bridgehead atoms. The van der Waals surface area contributed by atoms with Crippen LogP contribution in [0.1, 0.15) is 0 Å². The third-order valence-electron chi connectivity index (χ3n) is 0.0563. The van der Waals surface area contributed by atoms with E-state index in [1.807, 2.05) is 0 Å². The molecule has 0 radical (unpaired) electrons. The van der Waals surface area contributed by atoms with Crippen molar-refractivity contribution in [2.24, 2.45) is 0 Å². The summed E-state index contributed by atoms with van der Waals surface area (Å²) in [7, 11) is 10.0. The summed E-state index contributed by atoms with van der Waals surface area (Å²) in [6.45, 7) is 0. The summed E-state index contributed by atoms with van der Waals surface area (Å²) in [5, 5.41) is 0. The molecule has 0 rings (SSSR count). The molecule has 0 spiro atoms. The van der Waals surface area contributed by atoms with Gasteiger partial charge in [-0.2, -0.15) is 0 Å². The van der Waals surface area contributed by atoms with E-state index in [0.29, 0.717) is 4.68 Å². The third kappa shape index (κ3) is 4.94. The van der Waals surface area contributed by atoms with Crippen LogP contribution in [0.4, 0.5) is 0 Å². The number of carbonyl (C=O) groups excluding carboxylic acids is 1. The van der Waals surface area contributed by atoms with E-state index in [2.05, 4.69) is 0 Å². The number of hydrogen-bond donors (Lipinski definition) is 0. The molecule has 0 saturated heterocycles. The molecule has 1 nitrogen and oxygen atoms in total. The molecule has 0 aliphatic carbocycles. The zero-order valence-electron chi connectivity index (χ0n) is 2.06. The Labute approximate surface area is 43.7 Å². The van der Waals surface area contributed by atoms with E-state index in [9.17, 15) is 4.79 Å². The molecular formula is CHCl2OPt. The molecule has 0 aromatic carbocycles. The van der Waals surface area contributed by atoms with Crippen LogP contribution in [-0.4, -0.2) is 4.68 Å². The van der Waals surface area contributed by atoms with Crippen molar-refractivity contribution in [3.8, 4) is 0 Å². The molecule has 0 amide bonds. The van der Waals surface area contributed by atoms with Crippen molar-refractivity contribution >= 4 is 23.5 Å². The quantitative estimate of drug-likeness (QED) is 0.662. The van der Waals surface area contributed by atoms with Gasteiger partial charge in [0.05, 0.1) is 0 Å². The van der Waals surface area contributed by atoms with Gasteiger partial charge < -0.3 is 0 Å². The Morgan fingerprint density at radius 2 is 1.80 bits per heavy atom. The number of hydrogen-bond acceptors (Lipinski definition) is 1. The van der Waals surface area contributed by atoms with Crippen molar-refractivity contribution in [3.63, 3.8) is 0 Å². The molecule has 35 valence electrons. The molecule has 0 aliphatic heterocycles. The Hall–Kier alpha value is 0.938. The molecule has 0 aliphatic rings. The molecule has 0 aromatic rings. The van der Waals surface area contributed by atoms with Crippen LogP contribution in [0, 0.1) is 0 Å². The minimum absolute atomic E-state index is 0.605. The zero-order valence-corrected chi connectivity index (χ0v) is 5.84. The van der Waals surface area contributed by atoms with Gasteiger partial charge in [-0.15, -0.1) is 0 Å². The van der Waals surface area contributed by atoms with Crippen LogP contribution in [0.3, 0.4) is 0 Å². The van der Waals surface area contributed by atoms with Gasteiger partial charge in [-0.3, -0.25) is 0 Å². The Balaban J connectivity index is 2.83. The first-order valence-corrected chi connectivity index (χ1v) is 7.60. The van der Waals surface area contributed by atoms with Gasteiger partial charge in [0.1, 0.15) is 0 Å². The van der Waals surface area contributed by atoms with E-state index in [0.717, 1.165) is 0 Å². The van der Waals surface area contributed by atoms with E-state index in [-0.39, 0.29) is 0 Å². The molecule has 0 saturated carbocycles. The summed E-state index contributed by atoms with van der Waals surface area (Å²) in [5.74, 6) is 0. The predicted molar refractivity (Wildman–Crippen MR) is 18.5 cm³/mol. The van der Waals surface area contributed by atoms with Crippen LogP contribution in [0.25, 0.3) is 0 Å². The van der Waals surface area contributed by atoms with Gasteiger partial charge in [0.2, 0.25) is 0 Å². The molecular weight excluding hydrogens is 294 g/mol. The van der Waals surface area contributed by atoms with E-state index in [1.165, 1.54) is 0 Å². The van der Waals surface area contributed by atoms with E-state index < -0.39 is 15.2 Å². The van der Waals surface area contributed by atoms with Gasteiger partial charge in [-0.25, -0.2) is 0 Å². The van der Waals surface area contributed by atoms with E-state index in [4.69, 9.17) is 18.8 Å². The molecule has 0 unspecified atom stereocenters. The second-order valence-corrected chi connectivity index (χ2v) is 7.33. The number of halogens is 2. The predicted octanol–water partition coefficient (Wildman–Crippen LogP) is 1.10. The van der Waals surface area contributed by atoms with Crippen LogP contribution in [-0.2, 0) is 20.0 Å². The molecule has 0 aromatic heterocycles. The average molecular weight is 295 g/mol. The second-order valence-electron chi connectivity index (χ2n) is 0.258. The van der Waals surface area contributed by atoms with Gasteiger partial charge in [-0.05, 0) is 0 Å². The third-order valence-corrected chi connectivity index (χ3v) is 1.38. The Morgan fingerprint density at radius 3 is 1.80 bits per heavy atom. The van der Waals surface area contributed by atoms with Crippen LogP contribution in [0.15, 0.2) is 0 Å². The fourth-order valence-electron chi connectivity index (χ4n) is 0. The molecule has 0 fully saturated rings. The number of rotatable bonds is 1. The van der Waals surface area contributed by atoms with E-state index in [1.54, 1.807) is 0 Å².